The van der Waals surface area contributed by atoms with Crippen molar-refractivity contribution in [2.45, 2.75) is 0 Å². The van der Waals surface area contributed by atoms with Crippen LogP contribution >= 0.6 is 38.6 Å². The van der Waals surface area contributed by atoms with E-state index in [2.05, 4.69) is 192 Å². The predicted octanol–water partition coefficient (Wildman–Crippen LogP) is 14.9. The first-order valence-electron chi connectivity index (χ1n) is 16.4. The highest BCUT2D eigenvalue weighted by Crippen LogP contribution is 2.46. The third-order valence-electron chi connectivity index (χ3n) is 9.19. The first kappa shape index (κ1) is 30.0. The fourth-order valence-electron chi connectivity index (χ4n) is 6.93. The molecule has 9 rings (SSSR count). The molecule has 9 aromatic rings. The van der Waals surface area contributed by atoms with Gasteiger partial charge < -0.3 is 0 Å². The number of hydrogen-bond donors (Lipinski definition) is 0. The zero-order valence-corrected chi connectivity index (χ0v) is 29.7. The first-order chi connectivity index (χ1) is 24.2. The quantitative estimate of drug-likeness (QED) is 0.150. The fourth-order valence-corrected chi connectivity index (χ4v) is 9.31. The molecule has 0 saturated carbocycles. The van der Waals surface area contributed by atoms with Crippen LogP contribution in [0.4, 0.5) is 0 Å². The molecule has 0 unspecified atom stereocenters. The Kier molecular flexibility index (Phi) is 7.82. The summed E-state index contributed by atoms with van der Waals surface area (Å²) in [6, 6.07) is 64.1. The van der Waals surface area contributed by atoms with Gasteiger partial charge in [0.15, 0.2) is 0 Å². The number of fused-ring (bicyclic) bond motifs is 2. The van der Waals surface area contributed by atoms with Gasteiger partial charge in [0, 0.05) is 24.0 Å². The van der Waals surface area contributed by atoms with Gasteiger partial charge in [-0.15, -0.1) is 22.7 Å². The Bertz CT molecular complexity index is 2610. The summed E-state index contributed by atoms with van der Waals surface area (Å²) in [5.41, 5.74) is 9.97. The van der Waals surface area contributed by atoms with Crippen LogP contribution < -0.4 is 0 Å². The van der Waals surface area contributed by atoms with Crippen LogP contribution in [0.3, 0.4) is 0 Å². The molecule has 232 valence electrons. The van der Waals surface area contributed by atoms with E-state index in [0.29, 0.717) is 0 Å². The van der Waals surface area contributed by atoms with Crippen LogP contribution in [0.1, 0.15) is 0 Å². The monoisotopic (exact) mass is 724 g/mol. The lowest BCUT2D eigenvalue weighted by atomic mass is 9.85. The van der Waals surface area contributed by atoms with Crippen LogP contribution in [-0.2, 0) is 0 Å². The van der Waals surface area contributed by atoms with Gasteiger partial charge >= 0.3 is 0 Å². The minimum atomic E-state index is 1.07. The van der Waals surface area contributed by atoms with Gasteiger partial charge in [-0.3, -0.25) is 0 Å². The van der Waals surface area contributed by atoms with E-state index in [0.717, 1.165) is 4.47 Å². The van der Waals surface area contributed by atoms with Crippen molar-refractivity contribution in [3.05, 3.63) is 180 Å². The summed E-state index contributed by atoms with van der Waals surface area (Å²) in [5, 5.41) is 5.00. The van der Waals surface area contributed by atoms with Crippen molar-refractivity contribution in [1.29, 1.82) is 0 Å². The van der Waals surface area contributed by atoms with Crippen molar-refractivity contribution in [2.75, 3.05) is 0 Å². The van der Waals surface area contributed by atoms with Gasteiger partial charge in [-0.25, -0.2) is 0 Å². The Labute approximate surface area is 302 Å². The van der Waals surface area contributed by atoms with E-state index in [9.17, 15) is 0 Å². The molecular weight excluding hydrogens is 697 g/mol. The maximum Gasteiger partial charge on any atom is 0.0349 e. The van der Waals surface area contributed by atoms with Gasteiger partial charge in [0.25, 0.3) is 0 Å². The maximum absolute atomic E-state index is 3.83. The van der Waals surface area contributed by atoms with Crippen molar-refractivity contribution in [3.63, 3.8) is 0 Å². The van der Waals surface area contributed by atoms with Crippen molar-refractivity contribution < 1.29 is 0 Å². The van der Waals surface area contributed by atoms with Gasteiger partial charge in [0.2, 0.25) is 0 Å². The summed E-state index contributed by atoms with van der Waals surface area (Å²) in [6.45, 7) is 0. The third kappa shape index (κ3) is 5.64. The average molecular weight is 726 g/mol. The normalized spacial score (nSPS) is 11.4. The lowest BCUT2D eigenvalue weighted by Crippen LogP contribution is -1.91. The summed E-state index contributed by atoms with van der Waals surface area (Å²) in [5.74, 6) is 0. The summed E-state index contributed by atoms with van der Waals surface area (Å²) in [6.07, 6.45) is 0. The Balaban J connectivity index is 1.20. The number of halogens is 1. The molecule has 0 saturated heterocycles. The number of rotatable bonds is 6. The van der Waals surface area contributed by atoms with E-state index >= 15 is 0 Å². The van der Waals surface area contributed by atoms with E-state index in [1.807, 2.05) is 22.7 Å². The summed E-state index contributed by atoms with van der Waals surface area (Å²) in [7, 11) is 0. The lowest BCUT2D eigenvalue weighted by Gasteiger charge is -2.19. The molecule has 0 spiro atoms. The molecule has 2 aromatic heterocycles. The molecule has 0 nitrogen and oxygen atoms in total. The molecule has 7 aromatic carbocycles. The lowest BCUT2D eigenvalue weighted by molar-refractivity contribution is 1.64. The zero-order chi connectivity index (χ0) is 32.7. The highest BCUT2D eigenvalue weighted by molar-refractivity contribution is 9.10. The average Bonchev–Trinajstić information content (AvgIpc) is 3.86. The molecule has 0 amide bonds. The predicted molar refractivity (Wildman–Crippen MR) is 218 cm³/mol. The summed E-state index contributed by atoms with van der Waals surface area (Å²) < 4.78 is 1.07. The molecule has 49 heavy (non-hydrogen) atoms. The Morgan fingerprint density at radius 2 is 0.673 bits per heavy atom. The molecule has 0 N–H and O–H groups in total. The molecule has 0 fully saturated rings. The second-order valence-electron chi connectivity index (χ2n) is 12.2. The van der Waals surface area contributed by atoms with Gasteiger partial charge in [0.05, 0.1) is 0 Å². The highest BCUT2D eigenvalue weighted by Gasteiger charge is 2.18. The molecule has 0 radical (unpaired) electrons. The van der Waals surface area contributed by atoms with Crippen molar-refractivity contribution in [1.82, 2.24) is 0 Å². The maximum atomic E-state index is 3.83. The minimum Gasteiger partial charge on any atom is -0.135 e. The van der Waals surface area contributed by atoms with Crippen LogP contribution in [0, 0.1) is 0 Å². The molecule has 0 bridgehead atoms. The molecule has 2 heterocycles. The van der Waals surface area contributed by atoms with Crippen LogP contribution in [0.15, 0.2) is 180 Å². The summed E-state index contributed by atoms with van der Waals surface area (Å²) >= 11 is 7.52. The Morgan fingerprint density at radius 3 is 1.18 bits per heavy atom. The fraction of sp³-hybridized carbons (Fsp3) is 0. The molecule has 0 aliphatic rings. The van der Waals surface area contributed by atoms with Crippen molar-refractivity contribution in [3.8, 4) is 64.0 Å². The van der Waals surface area contributed by atoms with E-state index in [-0.39, 0.29) is 0 Å². The summed E-state index contributed by atoms with van der Waals surface area (Å²) in [4.78, 5) is 5.11. The molecule has 3 heteroatoms. The number of hydrogen-bond acceptors (Lipinski definition) is 2. The van der Waals surface area contributed by atoms with Crippen LogP contribution in [0.25, 0.3) is 85.6 Å². The molecule has 0 aliphatic heterocycles. The SMILES string of the molecule is Brc1ccc2c(-c3cccc(-c4ccc(-c5ccccc5)s4)c3)c3ccccc3c(-c3cccc(-c4ccc(-c5ccccc5)s4)c3)c2c1. The standard InChI is InChI=1S/C46H29BrS2/c47-36-21-22-39-40(29-36)46(35-18-10-16-33(28-35)44-26-24-42(49-44)31-13-5-2-6-14-31)38-20-8-7-19-37(38)45(39)34-17-9-15-32(27-34)43-25-23-41(48-43)30-11-3-1-4-12-30/h1-29H. The van der Waals surface area contributed by atoms with Gasteiger partial charge in [-0.1, -0.05) is 143 Å². The second-order valence-corrected chi connectivity index (χ2v) is 15.3. The van der Waals surface area contributed by atoms with E-state index in [1.54, 1.807) is 0 Å². The Morgan fingerprint density at radius 1 is 0.286 bits per heavy atom. The van der Waals surface area contributed by atoms with Gasteiger partial charge in [-0.05, 0) is 115 Å². The second kappa shape index (κ2) is 12.8. The third-order valence-corrected chi connectivity index (χ3v) is 12.0. The van der Waals surface area contributed by atoms with Gasteiger partial charge in [0.1, 0.15) is 0 Å². The Hall–Kier alpha value is -5.06. The topological polar surface area (TPSA) is 0 Å². The van der Waals surface area contributed by atoms with Gasteiger partial charge in [-0.2, -0.15) is 0 Å². The largest absolute Gasteiger partial charge is 0.135 e. The minimum absolute atomic E-state index is 1.07. The van der Waals surface area contributed by atoms with E-state index in [4.69, 9.17) is 0 Å². The molecule has 0 aliphatic carbocycles. The van der Waals surface area contributed by atoms with Crippen molar-refractivity contribution >= 4 is 60.1 Å². The van der Waals surface area contributed by atoms with Crippen LogP contribution in [0.2, 0.25) is 0 Å². The number of thiophene rings is 2. The highest BCUT2D eigenvalue weighted by atomic mass is 79.9. The molecular formula is C46H29BrS2. The molecule has 0 atom stereocenters. The van der Waals surface area contributed by atoms with Crippen LogP contribution in [-0.4, -0.2) is 0 Å². The van der Waals surface area contributed by atoms with Crippen molar-refractivity contribution in [2.24, 2.45) is 0 Å². The van der Waals surface area contributed by atoms with E-state index in [1.165, 1.54) is 85.6 Å². The van der Waals surface area contributed by atoms with Crippen LogP contribution in [0.5, 0.6) is 0 Å². The smallest absolute Gasteiger partial charge is 0.0349 e. The number of benzene rings is 7. The van der Waals surface area contributed by atoms with E-state index < -0.39 is 0 Å². The zero-order valence-electron chi connectivity index (χ0n) is 26.4. The first-order valence-corrected chi connectivity index (χ1v) is 18.8.